The molecule has 1 heterocycles. The number of hydrogen-bond donors (Lipinski definition) is 2. The number of carbonyl (C=O) groups is 2. The predicted octanol–water partition coefficient (Wildman–Crippen LogP) is 3.55. The monoisotopic (exact) mass is 624 g/mol. The fraction of sp³-hybridized carbons (Fsp3) is 0.419. The van der Waals surface area contributed by atoms with Crippen LogP contribution in [0.25, 0.3) is 10.8 Å². The number of nitrogens with zero attached hydrogens (tertiary/aromatic N) is 2. The van der Waals surface area contributed by atoms with E-state index in [-0.39, 0.29) is 31.6 Å². The fourth-order valence-electron chi connectivity index (χ4n) is 5.77. The topological polar surface area (TPSA) is 133 Å². The number of carbonyl (C=O) groups excluding carboxylic acids is 2. The number of fused-ring (bicyclic) bond motifs is 1. The highest BCUT2D eigenvalue weighted by Gasteiger charge is 2.50. The first kappa shape index (κ1) is 29.7. The lowest BCUT2D eigenvalue weighted by Gasteiger charge is -2.39. The summed E-state index contributed by atoms with van der Waals surface area (Å²) in [6.45, 7) is 3.43. The molecule has 2 amide bonds. The van der Waals surface area contributed by atoms with Gasteiger partial charge >= 0.3 is 0 Å². The quantitative estimate of drug-likeness (QED) is 0.374. The highest BCUT2D eigenvalue weighted by Crippen LogP contribution is 2.36. The molecule has 0 radical (unpaired) electrons. The van der Waals surface area contributed by atoms with E-state index < -0.39 is 42.5 Å². The van der Waals surface area contributed by atoms with E-state index in [1.165, 1.54) is 8.61 Å². The Morgan fingerprint density at radius 1 is 0.860 bits per heavy atom. The molecule has 2 aliphatic carbocycles. The van der Waals surface area contributed by atoms with Crippen molar-refractivity contribution >= 4 is 48.3 Å². The molecule has 1 saturated heterocycles. The number of piperazine rings is 1. The van der Waals surface area contributed by atoms with E-state index in [9.17, 15) is 26.4 Å². The minimum atomic E-state index is -3.75. The van der Waals surface area contributed by atoms with Crippen LogP contribution >= 0.6 is 0 Å². The second-order valence-corrected chi connectivity index (χ2v) is 16.1. The number of anilines is 1. The zero-order valence-corrected chi connectivity index (χ0v) is 25.8. The van der Waals surface area contributed by atoms with Gasteiger partial charge in [-0.3, -0.25) is 9.59 Å². The van der Waals surface area contributed by atoms with Crippen LogP contribution in [0.15, 0.2) is 60.7 Å². The van der Waals surface area contributed by atoms with E-state index in [1.54, 1.807) is 25.1 Å². The first-order chi connectivity index (χ1) is 20.5. The van der Waals surface area contributed by atoms with Crippen LogP contribution in [-0.4, -0.2) is 73.4 Å². The molecule has 1 aliphatic heterocycles. The lowest BCUT2D eigenvalue weighted by molar-refractivity contribution is -0.120. The summed E-state index contributed by atoms with van der Waals surface area (Å²) in [6.07, 6.45) is 2.22. The molecule has 2 saturated carbocycles. The van der Waals surface area contributed by atoms with Crippen molar-refractivity contribution < 1.29 is 26.4 Å². The van der Waals surface area contributed by atoms with E-state index in [1.807, 2.05) is 49.4 Å². The minimum absolute atomic E-state index is 0.0261. The normalized spacial score (nSPS) is 20.9. The third kappa shape index (κ3) is 5.93. The molecular weight excluding hydrogens is 588 g/mol. The van der Waals surface area contributed by atoms with E-state index in [4.69, 9.17) is 0 Å². The van der Waals surface area contributed by atoms with Gasteiger partial charge in [0, 0.05) is 30.9 Å². The molecule has 1 unspecified atom stereocenters. The second-order valence-electron chi connectivity index (χ2n) is 11.8. The summed E-state index contributed by atoms with van der Waals surface area (Å²) in [6, 6.07) is 17.4. The highest BCUT2D eigenvalue weighted by molar-refractivity contribution is 7.90. The van der Waals surface area contributed by atoms with Crippen molar-refractivity contribution in [3.8, 4) is 0 Å². The lowest BCUT2D eigenvalue weighted by atomic mass is 9.99. The third-order valence-corrected chi connectivity index (χ3v) is 13.3. The highest BCUT2D eigenvalue weighted by atomic mass is 32.2. The predicted molar refractivity (Wildman–Crippen MR) is 166 cm³/mol. The Bertz CT molecular complexity index is 1800. The summed E-state index contributed by atoms with van der Waals surface area (Å²) in [4.78, 5) is 27.1. The summed E-state index contributed by atoms with van der Waals surface area (Å²) in [5, 5.41) is 6.96. The van der Waals surface area contributed by atoms with Crippen LogP contribution in [0.1, 0.15) is 60.1 Å². The SMILES string of the molecule is Cc1ccc(NC(=O)C2CN(S(=O)(=O)C3CC3)CCN2S(=O)(=O)C2CC2)cc1C(=O)N[C@H](C)c1cccc2ccccc12. The smallest absolute Gasteiger partial charge is 0.252 e. The molecule has 3 aliphatic rings. The molecule has 12 heteroatoms. The average Bonchev–Trinajstić information content (AvgIpc) is 3.89. The summed E-state index contributed by atoms with van der Waals surface area (Å²) in [5.41, 5.74) is 2.38. The Morgan fingerprint density at radius 3 is 2.26 bits per heavy atom. The second kappa shape index (κ2) is 11.3. The number of amides is 2. The maximum absolute atomic E-state index is 13.6. The van der Waals surface area contributed by atoms with Gasteiger partial charge in [-0.05, 0) is 73.6 Å². The van der Waals surface area contributed by atoms with Crippen LogP contribution < -0.4 is 10.6 Å². The molecule has 3 aromatic carbocycles. The van der Waals surface area contributed by atoms with E-state index in [0.717, 1.165) is 16.3 Å². The Hall–Kier alpha value is -3.32. The van der Waals surface area contributed by atoms with Crippen molar-refractivity contribution in [1.82, 2.24) is 13.9 Å². The first-order valence-electron chi connectivity index (χ1n) is 14.7. The van der Waals surface area contributed by atoms with Crippen molar-refractivity contribution in [2.45, 2.75) is 62.1 Å². The van der Waals surface area contributed by atoms with Crippen molar-refractivity contribution in [3.63, 3.8) is 0 Å². The van der Waals surface area contributed by atoms with Gasteiger partial charge in [-0.1, -0.05) is 48.5 Å². The summed E-state index contributed by atoms with van der Waals surface area (Å²) in [7, 11) is -7.34. The molecular formula is C31H36N4O6S2. The lowest BCUT2D eigenvalue weighted by Crippen LogP contribution is -2.61. The van der Waals surface area contributed by atoms with Crippen molar-refractivity contribution in [2.24, 2.45) is 0 Å². The molecule has 2 N–H and O–H groups in total. The maximum Gasteiger partial charge on any atom is 0.252 e. The number of hydrogen-bond acceptors (Lipinski definition) is 6. The van der Waals surface area contributed by atoms with Crippen molar-refractivity contribution in [1.29, 1.82) is 0 Å². The van der Waals surface area contributed by atoms with Crippen LogP contribution in [0.3, 0.4) is 0 Å². The summed E-state index contributed by atoms with van der Waals surface area (Å²) >= 11 is 0. The van der Waals surface area contributed by atoms with Crippen molar-refractivity contribution in [2.75, 3.05) is 25.0 Å². The van der Waals surface area contributed by atoms with Gasteiger partial charge in [0.2, 0.25) is 26.0 Å². The molecule has 3 fully saturated rings. The fourth-order valence-corrected chi connectivity index (χ4v) is 9.58. The third-order valence-electron chi connectivity index (χ3n) is 8.56. The Labute approximate surface area is 252 Å². The van der Waals surface area contributed by atoms with Gasteiger partial charge in [-0.2, -0.15) is 8.61 Å². The van der Waals surface area contributed by atoms with Gasteiger partial charge < -0.3 is 10.6 Å². The number of aryl methyl sites for hydroxylation is 1. The molecule has 228 valence electrons. The van der Waals surface area contributed by atoms with Crippen LogP contribution in [0.5, 0.6) is 0 Å². The largest absolute Gasteiger partial charge is 0.345 e. The van der Waals surface area contributed by atoms with Gasteiger partial charge in [0.1, 0.15) is 6.04 Å². The van der Waals surface area contributed by atoms with E-state index >= 15 is 0 Å². The van der Waals surface area contributed by atoms with E-state index in [0.29, 0.717) is 42.5 Å². The molecule has 10 nitrogen and oxygen atoms in total. The van der Waals surface area contributed by atoms with Crippen molar-refractivity contribution in [3.05, 3.63) is 77.4 Å². The Morgan fingerprint density at radius 2 is 1.53 bits per heavy atom. The van der Waals surface area contributed by atoms with Crippen LogP contribution in [-0.2, 0) is 24.8 Å². The molecule has 43 heavy (non-hydrogen) atoms. The number of sulfonamides is 2. The van der Waals surface area contributed by atoms with Gasteiger partial charge in [0.05, 0.1) is 16.5 Å². The Kier molecular flexibility index (Phi) is 7.82. The average molecular weight is 625 g/mol. The van der Waals surface area contributed by atoms with Gasteiger partial charge in [0.15, 0.2) is 0 Å². The number of benzene rings is 3. The summed E-state index contributed by atoms with van der Waals surface area (Å²) < 4.78 is 54.9. The number of rotatable bonds is 9. The van der Waals surface area contributed by atoms with Gasteiger partial charge in [-0.15, -0.1) is 0 Å². The zero-order chi connectivity index (χ0) is 30.5. The molecule has 0 spiro atoms. The molecule has 6 rings (SSSR count). The van der Waals surface area contributed by atoms with Crippen LogP contribution in [0, 0.1) is 6.92 Å². The zero-order valence-electron chi connectivity index (χ0n) is 24.2. The number of nitrogens with one attached hydrogen (secondary N) is 2. The standard InChI is InChI=1S/C31H36N4O6S2/c1-20-10-11-23(18-28(20)30(36)32-21(2)26-9-5-7-22-6-3-4-8-27(22)26)33-31(37)29-19-34(42(38,39)24-12-13-24)16-17-35(29)43(40,41)25-14-15-25/h3-11,18,21,24-25,29H,12-17,19H2,1-2H3,(H,32,36)(H,33,37)/t21-,29?/m1/s1. The molecule has 0 aromatic heterocycles. The van der Waals surface area contributed by atoms with Gasteiger partial charge in [-0.25, -0.2) is 16.8 Å². The first-order valence-corrected chi connectivity index (χ1v) is 17.7. The van der Waals surface area contributed by atoms with E-state index in [2.05, 4.69) is 10.6 Å². The minimum Gasteiger partial charge on any atom is -0.345 e. The molecule has 2 atom stereocenters. The van der Waals surface area contributed by atoms with Crippen LogP contribution in [0.2, 0.25) is 0 Å². The molecule has 0 bridgehead atoms. The van der Waals surface area contributed by atoms with Crippen LogP contribution in [0.4, 0.5) is 5.69 Å². The Balaban J connectivity index is 1.21. The van der Waals surface area contributed by atoms with Gasteiger partial charge in [0.25, 0.3) is 5.91 Å². The summed E-state index contributed by atoms with van der Waals surface area (Å²) in [5.74, 6) is -0.939. The molecule has 3 aromatic rings. The maximum atomic E-state index is 13.6.